The summed E-state index contributed by atoms with van der Waals surface area (Å²) in [6.45, 7) is 1.97. The van der Waals surface area contributed by atoms with Crippen molar-refractivity contribution in [2.75, 3.05) is 5.32 Å². The number of aromatic nitrogens is 2. The Hall–Kier alpha value is -3.21. The Kier molecular flexibility index (Phi) is 4.24. The first-order chi connectivity index (χ1) is 11.5. The number of hydrogen-bond donors (Lipinski definition) is 1. The molecule has 1 aromatic heterocycles. The van der Waals surface area contributed by atoms with Gasteiger partial charge in [0.2, 0.25) is 5.78 Å². The summed E-state index contributed by atoms with van der Waals surface area (Å²) in [5.41, 5.74) is 2.85. The lowest BCUT2D eigenvalue weighted by molar-refractivity contribution is 0.102. The molecule has 0 aliphatic carbocycles. The van der Waals surface area contributed by atoms with Crippen molar-refractivity contribution in [1.29, 1.82) is 0 Å². The minimum absolute atomic E-state index is 0.154. The normalized spacial score (nSPS) is 10.4. The molecule has 3 rings (SSSR count). The summed E-state index contributed by atoms with van der Waals surface area (Å²) < 4.78 is 1.68. The number of benzene rings is 2. The van der Waals surface area contributed by atoms with Gasteiger partial charge in [-0.15, -0.1) is 0 Å². The van der Waals surface area contributed by atoms with Crippen LogP contribution in [0.1, 0.15) is 32.1 Å². The molecule has 0 saturated carbocycles. The van der Waals surface area contributed by atoms with Crippen molar-refractivity contribution in [2.24, 2.45) is 7.05 Å². The molecule has 0 unspecified atom stereocenters. The molecule has 2 aromatic carbocycles. The standard InChI is InChI=1S/C19H17N3O2/c1-13-3-5-15(6-4-13)19(24)21-16-9-7-14(8-10-16)17(23)18-20-11-12-22(18)2/h3-12H,1-2H3,(H,21,24). The Morgan fingerprint density at radius 3 is 2.17 bits per heavy atom. The summed E-state index contributed by atoms with van der Waals surface area (Å²) in [4.78, 5) is 28.6. The molecule has 5 heteroatoms. The van der Waals surface area contributed by atoms with E-state index in [0.717, 1.165) is 5.56 Å². The molecule has 0 aliphatic rings. The van der Waals surface area contributed by atoms with Crippen LogP contribution in [0.5, 0.6) is 0 Å². The number of aryl methyl sites for hydroxylation is 2. The number of rotatable bonds is 4. The van der Waals surface area contributed by atoms with E-state index in [1.54, 1.807) is 60.4 Å². The molecule has 0 aliphatic heterocycles. The highest BCUT2D eigenvalue weighted by Gasteiger charge is 2.13. The van der Waals surface area contributed by atoms with E-state index < -0.39 is 0 Å². The highest BCUT2D eigenvalue weighted by Crippen LogP contribution is 2.14. The molecule has 1 amide bonds. The summed E-state index contributed by atoms with van der Waals surface area (Å²) in [6.07, 6.45) is 3.31. The van der Waals surface area contributed by atoms with E-state index in [1.807, 2.05) is 19.1 Å². The maximum atomic E-state index is 12.3. The van der Waals surface area contributed by atoms with E-state index in [2.05, 4.69) is 10.3 Å². The predicted molar refractivity (Wildman–Crippen MR) is 92.2 cm³/mol. The van der Waals surface area contributed by atoms with Crippen molar-refractivity contribution in [2.45, 2.75) is 6.92 Å². The topological polar surface area (TPSA) is 64.0 Å². The number of hydrogen-bond acceptors (Lipinski definition) is 3. The van der Waals surface area contributed by atoms with E-state index in [4.69, 9.17) is 0 Å². The monoisotopic (exact) mass is 319 g/mol. The molecule has 5 nitrogen and oxygen atoms in total. The molecule has 1 N–H and O–H groups in total. The van der Waals surface area contributed by atoms with Crippen LogP contribution in [0.4, 0.5) is 5.69 Å². The van der Waals surface area contributed by atoms with Crippen molar-refractivity contribution in [1.82, 2.24) is 9.55 Å². The van der Waals surface area contributed by atoms with Gasteiger partial charge in [-0.05, 0) is 43.3 Å². The molecule has 3 aromatic rings. The lowest BCUT2D eigenvalue weighted by atomic mass is 10.1. The van der Waals surface area contributed by atoms with E-state index in [-0.39, 0.29) is 11.7 Å². The first kappa shape index (κ1) is 15.7. The summed E-state index contributed by atoms with van der Waals surface area (Å²) in [5, 5.41) is 2.82. The average molecular weight is 319 g/mol. The van der Waals surface area contributed by atoms with E-state index >= 15 is 0 Å². The van der Waals surface area contributed by atoms with Crippen LogP contribution < -0.4 is 5.32 Å². The Morgan fingerprint density at radius 1 is 0.958 bits per heavy atom. The fourth-order valence-corrected chi connectivity index (χ4v) is 2.33. The molecule has 120 valence electrons. The van der Waals surface area contributed by atoms with Crippen LogP contribution in [0, 0.1) is 6.92 Å². The largest absolute Gasteiger partial charge is 0.331 e. The van der Waals surface area contributed by atoms with Crippen LogP contribution in [0.2, 0.25) is 0 Å². The molecule has 0 fully saturated rings. The third-order valence-corrected chi connectivity index (χ3v) is 3.74. The third kappa shape index (κ3) is 3.25. The Labute approximate surface area is 140 Å². The summed E-state index contributed by atoms with van der Waals surface area (Å²) >= 11 is 0. The van der Waals surface area contributed by atoms with Crippen LogP contribution in [0.25, 0.3) is 0 Å². The molecule has 0 saturated heterocycles. The van der Waals surface area contributed by atoms with E-state index in [0.29, 0.717) is 22.6 Å². The zero-order valence-corrected chi connectivity index (χ0v) is 13.5. The van der Waals surface area contributed by atoms with Crippen molar-refractivity contribution in [3.05, 3.63) is 83.4 Å². The Bertz CT molecular complexity index is 878. The number of nitrogens with one attached hydrogen (secondary N) is 1. The zero-order chi connectivity index (χ0) is 17.1. The second kappa shape index (κ2) is 6.50. The fourth-order valence-electron chi connectivity index (χ4n) is 2.33. The first-order valence-electron chi connectivity index (χ1n) is 7.55. The number of imidazole rings is 1. The van der Waals surface area contributed by atoms with Crippen LogP contribution in [0.15, 0.2) is 60.9 Å². The van der Waals surface area contributed by atoms with Crippen molar-refractivity contribution in [3.63, 3.8) is 0 Å². The number of carbonyl (C=O) groups excluding carboxylic acids is 2. The first-order valence-corrected chi connectivity index (χ1v) is 7.55. The van der Waals surface area contributed by atoms with E-state index in [1.165, 1.54) is 0 Å². The third-order valence-electron chi connectivity index (χ3n) is 3.74. The van der Waals surface area contributed by atoms with Crippen molar-refractivity contribution >= 4 is 17.4 Å². The van der Waals surface area contributed by atoms with Crippen molar-refractivity contribution < 1.29 is 9.59 Å². The van der Waals surface area contributed by atoms with Gasteiger partial charge in [0.15, 0.2) is 5.82 Å². The lowest BCUT2D eigenvalue weighted by Gasteiger charge is -2.07. The number of nitrogens with zero attached hydrogens (tertiary/aromatic N) is 2. The summed E-state index contributed by atoms with van der Waals surface area (Å²) in [6, 6.07) is 14.1. The number of anilines is 1. The molecule has 0 radical (unpaired) electrons. The van der Waals surface area contributed by atoms with Gasteiger partial charge >= 0.3 is 0 Å². The van der Waals surface area contributed by atoms with Gasteiger partial charge in [0, 0.05) is 36.3 Å². The Balaban J connectivity index is 1.73. The number of amides is 1. The molecular weight excluding hydrogens is 302 g/mol. The zero-order valence-electron chi connectivity index (χ0n) is 13.5. The maximum Gasteiger partial charge on any atom is 0.255 e. The van der Waals surface area contributed by atoms with Gasteiger partial charge in [0.1, 0.15) is 0 Å². The lowest BCUT2D eigenvalue weighted by Crippen LogP contribution is -2.12. The van der Waals surface area contributed by atoms with Gasteiger partial charge in [0.05, 0.1) is 0 Å². The molecular formula is C19H17N3O2. The second-order valence-electron chi connectivity index (χ2n) is 5.59. The minimum atomic E-state index is -0.182. The van der Waals surface area contributed by atoms with Crippen LogP contribution in [-0.4, -0.2) is 21.2 Å². The van der Waals surface area contributed by atoms with E-state index in [9.17, 15) is 9.59 Å². The van der Waals surface area contributed by atoms with Gasteiger partial charge in [-0.25, -0.2) is 4.98 Å². The maximum absolute atomic E-state index is 12.3. The average Bonchev–Trinajstić information content (AvgIpc) is 3.01. The molecule has 1 heterocycles. The Morgan fingerprint density at radius 2 is 1.58 bits per heavy atom. The van der Waals surface area contributed by atoms with Crippen LogP contribution in [0.3, 0.4) is 0 Å². The fraction of sp³-hybridized carbons (Fsp3) is 0.105. The van der Waals surface area contributed by atoms with Gasteiger partial charge in [-0.3, -0.25) is 9.59 Å². The SMILES string of the molecule is Cc1ccc(C(=O)Nc2ccc(C(=O)c3nccn3C)cc2)cc1. The molecule has 0 spiro atoms. The number of carbonyl (C=O) groups is 2. The molecule has 24 heavy (non-hydrogen) atoms. The quantitative estimate of drug-likeness (QED) is 0.751. The van der Waals surface area contributed by atoms with Gasteiger partial charge in [0.25, 0.3) is 5.91 Å². The van der Waals surface area contributed by atoms with Gasteiger partial charge in [-0.2, -0.15) is 0 Å². The van der Waals surface area contributed by atoms with Crippen molar-refractivity contribution in [3.8, 4) is 0 Å². The van der Waals surface area contributed by atoms with Gasteiger partial charge < -0.3 is 9.88 Å². The van der Waals surface area contributed by atoms with Crippen LogP contribution >= 0.6 is 0 Å². The van der Waals surface area contributed by atoms with Crippen LogP contribution in [-0.2, 0) is 7.05 Å². The minimum Gasteiger partial charge on any atom is -0.331 e. The van der Waals surface area contributed by atoms with Gasteiger partial charge in [-0.1, -0.05) is 17.7 Å². The molecule has 0 bridgehead atoms. The summed E-state index contributed by atoms with van der Waals surface area (Å²) in [5.74, 6) is 0.0449. The summed E-state index contributed by atoms with van der Waals surface area (Å²) in [7, 11) is 1.77. The highest BCUT2D eigenvalue weighted by molar-refractivity contribution is 6.07. The molecule has 0 atom stereocenters. The second-order valence-corrected chi connectivity index (χ2v) is 5.59. The predicted octanol–water partition coefficient (Wildman–Crippen LogP) is 3.21. The smallest absolute Gasteiger partial charge is 0.255 e. The number of ketones is 1. The highest BCUT2D eigenvalue weighted by atomic mass is 16.1.